The minimum absolute atomic E-state index is 0.00868. The number of hydrogen-bond donors (Lipinski definition) is 2. The van der Waals surface area contributed by atoms with E-state index in [-0.39, 0.29) is 23.0 Å². The third kappa shape index (κ3) is 2.59. The first kappa shape index (κ1) is 14.3. The summed E-state index contributed by atoms with van der Waals surface area (Å²) in [5, 5.41) is 12.0. The van der Waals surface area contributed by atoms with Crippen LogP contribution in [0, 0.1) is 6.92 Å². The van der Waals surface area contributed by atoms with E-state index in [2.05, 4.69) is 10.3 Å². The third-order valence-corrected chi connectivity index (χ3v) is 3.92. The van der Waals surface area contributed by atoms with Crippen molar-refractivity contribution in [3.05, 3.63) is 51.7 Å². The van der Waals surface area contributed by atoms with Gasteiger partial charge in [0.05, 0.1) is 0 Å². The Bertz CT molecular complexity index is 778. The fourth-order valence-corrected chi connectivity index (χ4v) is 2.46. The highest BCUT2D eigenvalue weighted by atomic mass is 16.4. The lowest BCUT2D eigenvalue weighted by Crippen LogP contribution is -2.24. The van der Waals surface area contributed by atoms with Crippen LogP contribution in [-0.4, -0.2) is 16.0 Å². The molecule has 0 aliphatic heterocycles. The second kappa shape index (κ2) is 5.63. The van der Waals surface area contributed by atoms with Gasteiger partial charge in [0.1, 0.15) is 11.3 Å². The highest BCUT2D eigenvalue weighted by Crippen LogP contribution is 2.36. The van der Waals surface area contributed by atoms with E-state index in [0.717, 1.165) is 19.3 Å². The summed E-state index contributed by atoms with van der Waals surface area (Å²) in [5.74, 6) is 0.132. The Balaban J connectivity index is 1.89. The van der Waals surface area contributed by atoms with Gasteiger partial charge in [0, 0.05) is 12.1 Å². The smallest absolute Gasteiger partial charge is 0.349 e. The molecular formula is C16H16N2O4. The Morgan fingerprint density at radius 1 is 1.45 bits per heavy atom. The van der Waals surface area contributed by atoms with E-state index in [1.807, 2.05) is 0 Å². The number of rotatable bonds is 3. The van der Waals surface area contributed by atoms with Crippen molar-refractivity contribution in [2.75, 3.05) is 5.32 Å². The molecule has 2 heterocycles. The SMILES string of the molecule is Cc1cc(C2CCC2)oc(=O)c1C(=O)Nc1ncccc1O. The molecular weight excluding hydrogens is 284 g/mol. The molecule has 22 heavy (non-hydrogen) atoms. The zero-order chi connectivity index (χ0) is 15.7. The molecule has 0 atom stereocenters. The second-order valence-corrected chi connectivity index (χ2v) is 5.45. The fourth-order valence-electron chi connectivity index (χ4n) is 2.46. The molecule has 114 valence electrons. The van der Waals surface area contributed by atoms with E-state index in [1.165, 1.54) is 18.3 Å². The quantitative estimate of drug-likeness (QED) is 0.908. The van der Waals surface area contributed by atoms with Gasteiger partial charge >= 0.3 is 5.63 Å². The molecule has 1 fully saturated rings. The topological polar surface area (TPSA) is 92.4 Å². The van der Waals surface area contributed by atoms with Crippen LogP contribution in [0.1, 0.15) is 46.9 Å². The Labute approximate surface area is 126 Å². The van der Waals surface area contributed by atoms with Crippen molar-refractivity contribution in [3.8, 4) is 5.75 Å². The van der Waals surface area contributed by atoms with Crippen molar-refractivity contribution < 1.29 is 14.3 Å². The van der Waals surface area contributed by atoms with Crippen molar-refractivity contribution in [2.45, 2.75) is 32.1 Å². The van der Waals surface area contributed by atoms with Crippen LogP contribution < -0.4 is 10.9 Å². The largest absolute Gasteiger partial charge is 0.504 e. The monoisotopic (exact) mass is 300 g/mol. The average molecular weight is 300 g/mol. The van der Waals surface area contributed by atoms with Crippen LogP contribution in [0.3, 0.4) is 0 Å². The first-order chi connectivity index (χ1) is 10.6. The summed E-state index contributed by atoms with van der Waals surface area (Å²) in [6, 6.07) is 4.69. The van der Waals surface area contributed by atoms with Crippen LogP contribution in [0.15, 0.2) is 33.6 Å². The maximum atomic E-state index is 12.3. The summed E-state index contributed by atoms with van der Waals surface area (Å²) in [6.45, 7) is 1.70. The van der Waals surface area contributed by atoms with E-state index in [1.54, 1.807) is 13.0 Å². The molecule has 0 unspecified atom stereocenters. The summed E-state index contributed by atoms with van der Waals surface area (Å²) in [7, 11) is 0. The lowest BCUT2D eigenvalue weighted by Gasteiger charge is -2.24. The van der Waals surface area contributed by atoms with Gasteiger partial charge in [0.25, 0.3) is 5.91 Å². The number of hydrogen-bond acceptors (Lipinski definition) is 5. The molecule has 0 aromatic carbocycles. The van der Waals surface area contributed by atoms with Crippen LogP contribution in [0.5, 0.6) is 5.75 Å². The van der Waals surface area contributed by atoms with Gasteiger partial charge < -0.3 is 14.8 Å². The van der Waals surface area contributed by atoms with E-state index in [0.29, 0.717) is 11.3 Å². The Morgan fingerprint density at radius 2 is 2.23 bits per heavy atom. The molecule has 2 N–H and O–H groups in total. The molecule has 0 radical (unpaired) electrons. The van der Waals surface area contributed by atoms with Crippen LogP contribution in [0.25, 0.3) is 0 Å². The van der Waals surface area contributed by atoms with Crippen LogP contribution in [-0.2, 0) is 0 Å². The maximum Gasteiger partial charge on any atom is 0.349 e. The number of carbonyl (C=O) groups is 1. The Kier molecular flexibility index (Phi) is 3.66. The zero-order valence-corrected chi connectivity index (χ0v) is 12.1. The van der Waals surface area contributed by atoms with Gasteiger partial charge in [-0.15, -0.1) is 0 Å². The number of amides is 1. The number of pyridine rings is 1. The molecule has 0 saturated heterocycles. The highest BCUT2D eigenvalue weighted by molar-refractivity contribution is 6.05. The van der Waals surface area contributed by atoms with Gasteiger partial charge in [-0.2, -0.15) is 0 Å². The van der Waals surface area contributed by atoms with Crippen molar-refractivity contribution >= 4 is 11.7 Å². The average Bonchev–Trinajstić information content (AvgIpc) is 2.38. The number of nitrogens with zero attached hydrogens (tertiary/aromatic N) is 1. The molecule has 0 spiro atoms. The summed E-state index contributed by atoms with van der Waals surface area (Å²) in [4.78, 5) is 28.2. The van der Waals surface area contributed by atoms with Crippen LogP contribution in [0.2, 0.25) is 0 Å². The van der Waals surface area contributed by atoms with Gasteiger partial charge in [-0.25, -0.2) is 9.78 Å². The number of carbonyl (C=O) groups excluding carboxylic acids is 1. The van der Waals surface area contributed by atoms with Crippen molar-refractivity contribution in [2.24, 2.45) is 0 Å². The number of aromatic nitrogens is 1. The maximum absolute atomic E-state index is 12.3. The molecule has 1 aliphatic rings. The Morgan fingerprint density at radius 3 is 2.82 bits per heavy atom. The van der Waals surface area contributed by atoms with E-state index >= 15 is 0 Å². The first-order valence-electron chi connectivity index (χ1n) is 7.16. The summed E-state index contributed by atoms with van der Waals surface area (Å²) in [5.41, 5.74) is -0.158. The third-order valence-electron chi connectivity index (χ3n) is 3.92. The molecule has 2 aromatic heterocycles. The minimum atomic E-state index is -0.658. The summed E-state index contributed by atoms with van der Waals surface area (Å²) in [6.07, 6.45) is 4.59. The minimum Gasteiger partial charge on any atom is -0.504 e. The lowest BCUT2D eigenvalue weighted by atomic mass is 9.83. The molecule has 6 nitrogen and oxygen atoms in total. The molecule has 3 rings (SSSR count). The number of anilines is 1. The predicted molar refractivity (Wildman–Crippen MR) is 80.2 cm³/mol. The molecule has 0 bridgehead atoms. The van der Waals surface area contributed by atoms with E-state index in [9.17, 15) is 14.7 Å². The van der Waals surface area contributed by atoms with Crippen LogP contribution >= 0.6 is 0 Å². The zero-order valence-electron chi connectivity index (χ0n) is 12.1. The second-order valence-electron chi connectivity index (χ2n) is 5.45. The standard InChI is InChI=1S/C16H16N2O4/c1-9-8-12(10-4-2-5-10)22-16(21)13(9)15(20)18-14-11(19)6-3-7-17-14/h3,6-8,10,19H,2,4-5H2,1H3,(H,17,18,20). The molecule has 6 heteroatoms. The van der Waals surface area contributed by atoms with Gasteiger partial charge in [-0.1, -0.05) is 6.42 Å². The Hall–Kier alpha value is -2.63. The summed E-state index contributed by atoms with van der Waals surface area (Å²) >= 11 is 0. The van der Waals surface area contributed by atoms with E-state index in [4.69, 9.17) is 4.42 Å². The van der Waals surface area contributed by atoms with Crippen molar-refractivity contribution in [1.82, 2.24) is 4.98 Å². The van der Waals surface area contributed by atoms with E-state index < -0.39 is 11.5 Å². The van der Waals surface area contributed by atoms with Gasteiger partial charge in [0.2, 0.25) is 0 Å². The molecule has 2 aromatic rings. The normalized spacial score (nSPS) is 14.4. The summed E-state index contributed by atoms with van der Waals surface area (Å²) < 4.78 is 5.28. The number of aryl methyl sites for hydroxylation is 1. The molecule has 1 saturated carbocycles. The number of aromatic hydroxyl groups is 1. The van der Waals surface area contributed by atoms with Gasteiger partial charge in [0.15, 0.2) is 11.6 Å². The van der Waals surface area contributed by atoms with Gasteiger partial charge in [-0.3, -0.25) is 4.79 Å². The van der Waals surface area contributed by atoms with Crippen molar-refractivity contribution in [3.63, 3.8) is 0 Å². The van der Waals surface area contributed by atoms with Gasteiger partial charge in [-0.05, 0) is 43.5 Å². The lowest BCUT2D eigenvalue weighted by molar-refractivity contribution is 0.102. The predicted octanol–water partition coefficient (Wildman–Crippen LogP) is 2.57. The number of nitrogens with one attached hydrogen (secondary N) is 1. The van der Waals surface area contributed by atoms with Crippen molar-refractivity contribution in [1.29, 1.82) is 0 Å². The highest BCUT2D eigenvalue weighted by Gasteiger charge is 2.25. The fraction of sp³-hybridized carbons (Fsp3) is 0.312. The van der Waals surface area contributed by atoms with Crippen LogP contribution in [0.4, 0.5) is 5.82 Å². The first-order valence-corrected chi connectivity index (χ1v) is 7.16. The molecule has 1 aliphatic carbocycles. The molecule has 1 amide bonds.